The fraction of sp³-hybridized carbons (Fsp3) is 0.391. The molecule has 0 spiro atoms. The number of ether oxygens (including phenoxy) is 2. The Morgan fingerprint density at radius 3 is 2.72 bits per heavy atom. The lowest BCUT2D eigenvalue weighted by Crippen LogP contribution is -2.39. The molecule has 0 saturated heterocycles. The zero-order chi connectivity index (χ0) is 20.2. The van der Waals surface area contributed by atoms with Crippen LogP contribution in [0.2, 0.25) is 0 Å². The highest BCUT2D eigenvalue weighted by Gasteiger charge is 2.27. The summed E-state index contributed by atoms with van der Waals surface area (Å²) < 4.78 is 11.4. The summed E-state index contributed by atoms with van der Waals surface area (Å²) in [6.45, 7) is 3.12. The van der Waals surface area contributed by atoms with Gasteiger partial charge in [-0.05, 0) is 50.5 Å². The third-order valence-corrected chi connectivity index (χ3v) is 5.46. The summed E-state index contributed by atoms with van der Waals surface area (Å²) >= 11 is 0. The van der Waals surface area contributed by atoms with Crippen LogP contribution in [0, 0.1) is 12.8 Å². The van der Waals surface area contributed by atoms with E-state index in [1.54, 1.807) is 11.0 Å². The van der Waals surface area contributed by atoms with Crippen molar-refractivity contribution in [2.75, 3.05) is 30.0 Å². The topological polar surface area (TPSA) is 67.9 Å². The Morgan fingerprint density at radius 2 is 2.00 bits per heavy atom. The Balaban J connectivity index is 1.35. The van der Waals surface area contributed by atoms with Gasteiger partial charge in [0.05, 0.1) is 12.3 Å². The minimum Gasteiger partial charge on any atom is -0.494 e. The predicted octanol–water partition coefficient (Wildman–Crippen LogP) is 3.93. The molecule has 6 heteroatoms. The Hall–Kier alpha value is -3.02. The Labute approximate surface area is 170 Å². The number of anilines is 2. The molecule has 1 aliphatic carbocycles. The van der Waals surface area contributed by atoms with E-state index < -0.39 is 0 Å². The second kappa shape index (κ2) is 8.55. The highest BCUT2D eigenvalue weighted by Crippen LogP contribution is 2.35. The molecule has 0 radical (unpaired) electrons. The first-order valence-corrected chi connectivity index (χ1v) is 10.2. The van der Waals surface area contributed by atoms with Crippen LogP contribution in [0.5, 0.6) is 11.5 Å². The average molecular weight is 394 g/mol. The van der Waals surface area contributed by atoms with Crippen LogP contribution in [-0.4, -0.2) is 31.6 Å². The molecule has 1 N–H and O–H groups in total. The Morgan fingerprint density at radius 1 is 1.21 bits per heavy atom. The molecule has 0 atom stereocenters. The van der Waals surface area contributed by atoms with Crippen LogP contribution in [0.4, 0.5) is 11.4 Å². The van der Waals surface area contributed by atoms with E-state index in [-0.39, 0.29) is 24.3 Å². The van der Waals surface area contributed by atoms with Crippen molar-refractivity contribution in [3.63, 3.8) is 0 Å². The van der Waals surface area contributed by atoms with Gasteiger partial charge < -0.3 is 19.7 Å². The van der Waals surface area contributed by atoms with E-state index >= 15 is 0 Å². The number of carbonyl (C=O) groups excluding carboxylic acids is 2. The number of hydrogen-bond acceptors (Lipinski definition) is 4. The molecule has 0 aromatic heterocycles. The van der Waals surface area contributed by atoms with Gasteiger partial charge in [-0.1, -0.05) is 24.1 Å². The summed E-state index contributed by atoms with van der Waals surface area (Å²) in [5, 5.41) is 2.95. The molecule has 1 saturated carbocycles. The first-order chi connectivity index (χ1) is 14.1. The smallest absolute Gasteiger partial charge is 0.265 e. The zero-order valence-corrected chi connectivity index (χ0v) is 16.6. The van der Waals surface area contributed by atoms with Gasteiger partial charge in [0, 0.05) is 24.2 Å². The minimum atomic E-state index is -0.0703. The molecular weight excluding hydrogens is 368 g/mol. The number of hydrogen-bond donors (Lipinski definition) is 1. The van der Waals surface area contributed by atoms with Crippen molar-refractivity contribution in [1.82, 2.24) is 0 Å². The molecule has 1 fully saturated rings. The van der Waals surface area contributed by atoms with Crippen LogP contribution in [0.25, 0.3) is 0 Å². The van der Waals surface area contributed by atoms with Gasteiger partial charge in [-0.25, -0.2) is 0 Å². The second-order valence-electron chi connectivity index (χ2n) is 7.65. The number of nitrogens with zero attached hydrogens (tertiary/aromatic N) is 1. The molecule has 0 bridgehead atoms. The summed E-state index contributed by atoms with van der Waals surface area (Å²) in [6, 6.07) is 13.4. The molecule has 6 nitrogen and oxygen atoms in total. The third kappa shape index (κ3) is 4.53. The molecule has 152 valence electrons. The average Bonchev–Trinajstić information content (AvgIpc) is 2.66. The van der Waals surface area contributed by atoms with Crippen LogP contribution >= 0.6 is 0 Å². The number of aryl methyl sites for hydroxylation is 1. The molecule has 4 rings (SSSR count). The van der Waals surface area contributed by atoms with Gasteiger partial charge in [-0.3, -0.25) is 9.59 Å². The highest BCUT2D eigenvalue weighted by atomic mass is 16.5. The number of carbonyl (C=O) groups is 2. The summed E-state index contributed by atoms with van der Waals surface area (Å²) in [5.41, 5.74) is 2.63. The number of rotatable bonds is 7. The van der Waals surface area contributed by atoms with Crippen LogP contribution in [0.15, 0.2) is 42.5 Å². The van der Waals surface area contributed by atoms with Crippen molar-refractivity contribution in [3.05, 3.63) is 48.0 Å². The maximum absolute atomic E-state index is 12.3. The number of benzene rings is 2. The molecule has 0 unspecified atom stereocenters. The van der Waals surface area contributed by atoms with Crippen molar-refractivity contribution in [2.45, 2.75) is 32.6 Å². The number of amides is 2. The van der Waals surface area contributed by atoms with Crippen molar-refractivity contribution < 1.29 is 19.1 Å². The van der Waals surface area contributed by atoms with Crippen molar-refractivity contribution in [3.8, 4) is 11.5 Å². The van der Waals surface area contributed by atoms with Gasteiger partial charge in [0.15, 0.2) is 6.61 Å². The van der Waals surface area contributed by atoms with Crippen LogP contribution < -0.4 is 19.7 Å². The zero-order valence-electron chi connectivity index (χ0n) is 16.6. The van der Waals surface area contributed by atoms with Crippen molar-refractivity contribution >= 4 is 23.2 Å². The second-order valence-corrected chi connectivity index (χ2v) is 7.65. The lowest BCUT2D eigenvalue weighted by Gasteiger charge is -2.30. The summed E-state index contributed by atoms with van der Waals surface area (Å²) in [5.74, 6) is 1.57. The van der Waals surface area contributed by atoms with Gasteiger partial charge in [0.25, 0.3) is 5.91 Å². The van der Waals surface area contributed by atoms with E-state index in [0.29, 0.717) is 31.0 Å². The molecule has 2 aliphatic rings. The van der Waals surface area contributed by atoms with Gasteiger partial charge in [-0.15, -0.1) is 0 Å². The monoisotopic (exact) mass is 394 g/mol. The molecule has 29 heavy (non-hydrogen) atoms. The standard InChI is InChI=1S/C23H26N2O4/c1-16-6-9-19(10-7-16)28-13-3-12-25-20-11-8-18(14-21(20)29-15-22(25)26)24-23(27)17-4-2-5-17/h6-11,14,17H,2-5,12-13,15H2,1H3,(H,24,27). The molecule has 2 amide bonds. The number of nitrogens with one attached hydrogen (secondary N) is 1. The van der Waals surface area contributed by atoms with E-state index in [1.807, 2.05) is 43.3 Å². The van der Waals surface area contributed by atoms with Gasteiger partial charge in [0.1, 0.15) is 11.5 Å². The van der Waals surface area contributed by atoms with E-state index in [9.17, 15) is 9.59 Å². The van der Waals surface area contributed by atoms with Gasteiger partial charge in [0.2, 0.25) is 5.91 Å². The SMILES string of the molecule is Cc1ccc(OCCCN2C(=O)COc3cc(NC(=O)C4CCC4)ccc32)cc1. The summed E-state index contributed by atoms with van der Waals surface area (Å²) in [6.07, 6.45) is 3.75. The first kappa shape index (κ1) is 19.3. The summed E-state index contributed by atoms with van der Waals surface area (Å²) in [4.78, 5) is 26.2. The molecule has 2 aromatic carbocycles. The molecule has 1 aliphatic heterocycles. The Bertz CT molecular complexity index is 890. The van der Waals surface area contributed by atoms with Crippen molar-refractivity contribution in [2.24, 2.45) is 5.92 Å². The fourth-order valence-electron chi connectivity index (χ4n) is 3.49. The van der Waals surface area contributed by atoms with Crippen LogP contribution in [0.3, 0.4) is 0 Å². The summed E-state index contributed by atoms with van der Waals surface area (Å²) in [7, 11) is 0. The molecule has 1 heterocycles. The maximum Gasteiger partial charge on any atom is 0.265 e. The van der Waals surface area contributed by atoms with Gasteiger partial charge >= 0.3 is 0 Å². The van der Waals surface area contributed by atoms with Crippen molar-refractivity contribution in [1.29, 1.82) is 0 Å². The highest BCUT2D eigenvalue weighted by molar-refractivity contribution is 5.99. The van der Waals surface area contributed by atoms with E-state index in [4.69, 9.17) is 9.47 Å². The quantitative estimate of drug-likeness (QED) is 0.723. The fourth-order valence-corrected chi connectivity index (χ4v) is 3.49. The maximum atomic E-state index is 12.3. The van der Waals surface area contributed by atoms with Crippen LogP contribution in [-0.2, 0) is 9.59 Å². The predicted molar refractivity (Wildman–Crippen MR) is 112 cm³/mol. The normalized spacial score (nSPS) is 15.9. The lowest BCUT2D eigenvalue weighted by molar-refractivity contribution is -0.122. The first-order valence-electron chi connectivity index (χ1n) is 10.2. The number of fused-ring (bicyclic) bond motifs is 1. The third-order valence-electron chi connectivity index (χ3n) is 5.46. The van der Waals surface area contributed by atoms with E-state index in [0.717, 1.165) is 30.7 Å². The lowest BCUT2D eigenvalue weighted by atomic mass is 9.85. The molecular formula is C23H26N2O4. The molecule has 2 aromatic rings. The van der Waals surface area contributed by atoms with Gasteiger partial charge in [-0.2, -0.15) is 0 Å². The Kier molecular flexibility index (Phi) is 5.69. The van der Waals surface area contributed by atoms with Crippen LogP contribution in [0.1, 0.15) is 31.2 Å². The largest absolute Gasteiger partial charge is 0.494 e. The minimum absolute atomic E-state index is 0.00580. The van der Waals surface area contributed by atoms with E-state index in [2.05, 4.69) is 5.32 Å². The van der Waals surface area contributed by atoms with E-state index in [1.165, 1.54) is 5.56 Å².